The Morgan fingerprint density at radius 2 is 1.25 bits per heavy atom. The molecular formula is C8H10Cl2O2. The van der Waals surface area contributed by atoms with Crippen LogP contribution >= 0.6 is 23.2 Å². The van der Waals surface area contributed by atoms with Crippen LogP contribution in [0.5, 0.6) is 0 Å². The molecule has 0 aromatic heterocycles. The van der Waals surface area contributed by atoms with E-state index in [1.54, 1.807) is 13.8 Å². The molecule has 0 unspecified atom stereocenters. The summed E-state index contributed by atoms with van der Waals surface area (Å²) in [6.07, 6.45) is 1.29. The van der Waals surface area contributed by atoms with Crippen LogP contribution < -0.4 is 0 Å². The molecular weight excluding hydrogens is 199 g/mol. The number of carbonyl (C=O) groups excluding carboxylic acids is 2. The summed E-state index contributed by atoms with van der Waals surface area (Å²) in [7, 11) is 0. The van der Waals surface area contributed by atoms with E-state index in [2.05, 4.69) is 0 Å². The van der Waals surface area contributed by atoms with E-state index < -0.39 is 21.3 Å². The van der Waals surface area contributed by atoms with Crippen molar-refractivity contribution >= 4 is 33.7 Å². The highest BCUT2D eigenvalue weighted by atomic mass is 35.5. The molecule has 2 nitrogen and oxygen atoms in total. The van der Waals surface area contributed by atoms with Crippen molar-refractivity contribution in [2.24, 2.45) is 10.8 Å². The van der Waals surface area contributed by atoms with E-state index in [1.165, 1.54) is 0 Å². The first-order valence-corrected chi connectivity index (χ1v) is 4.50. The zero-order valence-electron chi connectivity index (χ0n) is 6.99. The first-order valence-electron chi connectivity index (χ1n) is 3.74. The van der Waals surface area contributed by atoms with E-state index in [-0.39, 0.29) is 0 Å². The maximum Gasteiger partial charge on any atom is 0.228 e. The molecule has 4 heteroatoms. The fraction of sp³-hybridized carbons (Fsp3) is 0.750. The molecule has 0 saturated heterocycles. The molecule has 0 aliphatic heterocycles. The molecule has 1 aliphatic rings. The molecule has 1 aliphatic carbocycles. The Bertz CT molecular complexity index is 225. The third-order valence-corrected chi connectivity index (χ3v) is 4.04. The van der Waals surface area contributed by atoms with Crippen LogP contribution in [-0.4, -0.2) is 10.5 Å². The summed E-state index contributed by atoms with van der Waals surface area (Å²) in [5.41, 5.74) is -1.51. The van der Waals surface area contributed by atoms with Gasteiger partial charge in [0.05, 0.1) is 10.8 Å². The van der Waals surface area contributed by atoms with E-state index in [9.17, 15) is 9.59 Å². The summed E-state index contributed by atoms with van der Waals surface area (Å²) in [6.45, 7) is 3.37. The van der Waals surface area contributed by atoms with Gasteiger partial charge in [0.1, 0.15) is 0 Å². The Morgan fingerprint density at radius 1 is 1.00 bits per heavy atom. The van der Waals surface area contributed by atoms with Gasteiger partial charge in [-0.1, -0.05) is 13.8 Å². The number of halogens is 2. The monoisotopic (exact) mass is 208 g/mol. The van der Waals surface area contributed by atoms with E-state index in [0.717, 1.165) is 0 Å². The van der Waals surface area contributed by atoms with Gasteiger partial charge in [0.25, 0.3) is 0 Å². The van der Waals surface area contributed by atoms with E-state index in [4.69, 9.17) is 23.2 Å². The van der Waals surface area contributed by atoms with Crippen molar-refractivity contribution in [2.45, 2.75) is 26.7 Å². The molecule has 0 heterocycles. The molecule has 1 fully saturated rings. The predicted molar refractivity (Wildman–Crippen MR) is 47.2 cm³/mol. The summed E-state index contributed by atoms with van der Waals surface area (Å²) < 4.78 is 0. The highest BCUT2D eigenvalue weighted by molar-refractivity contribution is 6.68. The van der Waals surface area contributed by atoms with Gasteiger partial charge in [-0.3, -0.25) is 9.59 Å². The maximum absolute atomic E-state index is 11.0. The van der Waals surface area contributed by atoms with Gasteiger partial charge in [0.15, 0.2) is 0 Å². The quantitative estimate of drug-likeness (QED) is 0.654. The van der Waals surface area contributed by atoms with Crippen LogP contribution in [0.15, 0.2) is 0 Å². The van der Waals surface area contributed by atoms with Gasteiger partial charge in [0, 0.05) is 0 Å². The van der Waals surface area contributed by atoms with Crippen LogP contribution in [0, 0.1) is 10.8 Å². The predicted octanol–water partition coefficient (Wildman–Crippen LogP) is 2.32. The summed E-state index contributed by atoms with van der Waals surface area (Å²) in [5, 5.41) is -0.935. The van der Waals surface area contributed by atoms with Crippen LogP contribution in [0.2, 0.25) is 0 Å². The molecule has 0 aromatic rings. The summed E-state index contributed by atoms with van der Waals surface area (Å²) in [5.74, 6) is 0. The molecule has 0 amide bonds. The molecule has 2 atom stereocenters. The Kier molecular flexibility index (Phi) is 2.26. The minimum absolute atomic E-state index is 0.467. The summed E-state index contributed by atoms with van der Waals surface area (Å²) in [4.78, 5) is 22.0. The zero-order chi connectivity index (χ0) is 9.57. The Labute approximate surface area is 81.2 Å². The SMILES string of the molecule is C[C@@]1(C(=O)Cl)CC[C@@]1(C)C(=O)Cl. The maximum atomic E-state index is 11.0. The molecule has 0 bridgehead atoms. The lowest BCUT2D eigenvalue weighted by Crippen LogP contribution is -2.54. The zero-order valence-corrected chi connectivity index (χ0v) is 8.50. The van der Waals surface area contributed by atoms with Gasteiger partial charge in [0.2, 0.25) is 10.5 Å². The molecule has 12 heavy (non-hydrogen) atoms. The number of hydrogen-bond donors (Lipinski definition) is 0. The van der Waals surface area contributed by atoms with E-state index >= 15 is 0 Å². The Balaban J connectivity index is 2.97. The van der Waals surface area contributed by atoms with Gasteiger partial charge < -0.3 is 0 Å². The number of carbonyl (C=O) groups is 2. The molecule has 0 radical (unpaired) electrons. The average molecular weight is 209 g/mol. The second-order valence-electron chi connectivity index (χ2n) is 3.71. The third-order valence-electron chi connectivity index (χ3n) is 3.21. The third kappa shape index (κ3) is 1.01. The Morgan fingerprint density at radius 3 is 1.33 bits per heavy atom. The Hall–Kier alpha value is -0.0800. The van der Waals surface area contributed by atoms with Gasteiger partial charge in [-0.15, -0.1) is 0 Å². The van der Waals surface area contributed by atoms with Crippen molar-refractivity contribution in [3.05, 3.63) is 0 Å². The van der Waals surface area contributed by atoms with Crippen LogP contribution in [0.1, 0.15) is 26.7 Å². The first-order chi connectivity index (χ1) is 5.34. The highest BCUT2D eigenvalue weighted by Gasteiger charge is 2.60. The van der Waals surface area contributed by atoms with Crippen LogP contribution in [-0.2, 0) is 9.59 Å². The molecule has 68 valence electrons. The lowest BCUT2D eigenvalue weighted by molar-refractivity contribution is -0.150. The van der Waals surface area contributed by atoms with E-state index in [0.29, 0.717) is 12.8 Å². The van der Waals surface area contributed by atoms with Gasteiger partial charge in [-0.05, 0) is 36.0 Å². The van der Waals surface area contributed by atoms with Crippen molar-refractivity contribution in [3.8, 4) is 0 Å². The lowest BCUT2D eigenvalue weighted by atomic mass is 9.52. The molecule has 1 saturated carbocycles. The summed E-state index contributed by atoms with van der Waals surface area (Å²) in [6, 6.07) is 0. The van der Waals surface area contributed by atoms with Gasteiger partial charge >= 0.3 is 0 Å². The van der Waals surface area contributed by atoms with Crippen molar-refractivity contribution in [1.29, 1.82) is 0 Å². The topological polar surface area (TPSA) is 34.1 Å². The molecule has 1 rings (SSSR count). The minimum atomic E-state index is -0.757. The summed E-state index contributed by atoms with van der Waals surface area (Å²) >= 11 is 10.8. The fourth-order valence-electron chi connectivity index (χ4n) is 1.51. The van der Waals surface area contributed by atoms with Crippen molar-refractivity contribution in [1.82, 2.24) is 0 Å². The normalized spacial score (nSPS) is 40.3. The first kappa shape index (κ1) is 10.0. The van der Waals surface area contributed by atoms with Crippen LogP contribution in [0.25, 0.3) is 0 Å². The number of hydrogen-bond acceptors (Lipinski definition) is 2. The van der Waals surface area contributed by atoms with Crippen LogP contribution in [0.4, 0.5) is 0 Å². The van der Waals surface area contributed by atoms with Gasteiger partial charge in [-0.25, -0.2) is 0 Å². The fourth-order valence-corrected chi connectivity index (χ4v) is 2.11. The molecule has 0 spiro atoms. The highest BCUT2D eigenvalue weighted by Crippen LogP contribution is 2.58. The standard InChI is InChI=1S/C8H10Cl2O2/c1-7(5(9)11)3-4-8(7,2)6(10)12/h3-4H2,1-2H3/t7-,8-/m0/s1. The van der Waals surface area contributed by atoms with Crippen molar-refractivity contribution in [2.75, 3.05) is 0 Å². The molecule has 0 aromatic carbocycles. The average Bonchev–Trinajstić information content (AvgIpc) is 1.98. The smallest absolute Gasteiger partial charge is 0.228 e. The van der Waals surface area contributed by atoms with Crippen molar-refractivity contribution in [3.63, 3.8) is 0 Å². The largest absolute Gasteiger partial charge is 0.281 e. The van der Waals surface area contributed by atoms with Crippen molar-refractivity contribution < 1.29 is 9.59 Å². The van der Waals surface area contributed by atoms with Crippen LogP contribution in [0.3, 0.4) is 0 Å². The second-order valence-corrected chi connectivity index (χ2v) is 4.40. The number of rotatable bonds is 2. The second kappa shape index (κ2) is 2.71. The van der Waals surface area contributed by atoms with Gasteiger partial charge in [-0.2, -0.15) is 0 Å². The lowest BCUT2D eigenvalue weighted by Gasteiger charge is -2.51. The minimum Gasteiger partial charge on any atom is -0.281 e. The van der Waals surface area contributed by atoms with E-state index in [1.807, 2.05) is 0 Å². The molecule has 0 N–H and O–H groups in total.